The fourth-order valence-corrected chi connectivity index (χ4v) is 9.51. The molecule has 0 saturated carbocycles. The first-order valence-electron chi connectivity index (χ1n) is 17.5. The van der Waals surface area contributed by atoms with Crippen molar-refractivity contribution in [1.82, 2.24) is 33.7 Å². The van der Waals surface area contributed by atoms with Gasteiger partial charge in [0.05, 0.1) is 11.8 Å². The van der Waals surface area contributed by atoms with E-state index in [0.29, 0.717) is 56.8 Å². The van der Waals surface area contributed by atoms with Gasteiger partial charge in [0.2, 0.25) is 0 Å². The molecular formula is C34H52ClFN8O4S. The van der Waals surface area contributed by atoms with Gasteiger partial charge in [0, 0.05) is 76.4 Å². The van der Waals surface area contributed by atoms with Crippen LogP contribution in [-0.4, -0.2) is 127 Å². The van der Waals surface area contributed by atoms with Crippen LogP contribution < -0.4 is 15.0 Å². The quantitative estimate of drug-likeness (QED) is 0.391. The molecule has 6 rings (SSSR count). The second-order valence-electron chi connectivity index (χ2n) is 14.5. The molecule has 0 unspecified atom stereocenters. The minimum atomic E-state index is -3.36. The van der Waals surface area contributed by atoms with E-state index in [4.69, 9.17) is 4.74 Å². The maximum atomic E-state index is 14.4. The first kappa shape index (κ1) is 37.6. The molecule has 0 atom stereocenters. The molecule has 4 aliphatic heterocycles. The van der Waals surface area contributed by atoms with E-state index in [1.807, 2.05) is 27.7 Å². The molecule has 5 heterocycles. The highest BCUT2D eigenvalue weighted by Crippen LogP contribution is 2.45. The van der Waals surface area contributed by atoms with E-state index >= 15 is 0 Å². The molecule has 4 aliphatic rings. The Labute approximate surface area is 297 Å². The van der Waals surface area contributed by atoms with Crippen molar-refractivity contribution in [3.63, 3.8) is 0 Å². The lowest BCUT2D eigenvalue weighted by Crippen LogP contribution is -2.61. The number of nitrogens with zero attached hydrogens (tertiary/aromatic N) is 7. The van der Waals surface area contributed by atoms with E-state index in [2.05, 4.69) is 25.1 Å². The second-order valence-corrected chi connectivity index (χ2v) is 16.4. The summed E-state index contributed by atoms with van der Waals surface area (Å²) in [6.45, 7) is 16.3. The lowest BCUT2D eigenvalue weighted by molar-refractivity contribution is 0.0607. The van der Waals surface area contributed by atoms with Crippen molar-refractivity contribution in [1.29, 1.82) is 0 Å². The van der Waals surface area contributed by atoms with Gasteiger partial charge < -0.3 is 24.8 Å². The Balaban J connectivity index is 0.00000468. The lowest BCUT2D eigenvalue weighted by atomic mass is 9.72. The van der Waals surface area contributed by atoms with Gasteiger partial charge in [0.1, 0.15) is 17.9 Å². The van der Waals surface area contributed by atoms with Gasteiger partial charge in [-0.2, -0.15) is 17.0 Å². The molecular weight excluding hydrogens is 671 g/mol. The molecule has 272 valence electrons. The van der Waals surface area contributed by atoms with E-state index in [1.165, 1.54) is 24.5 Å². The van der Waals surface area contributed by atoms with Crippen LogP contribution in [0.15, 0.2) is 30.7 Å². The summed E-state index contributed by atoms with van der Waals surface area (Å²) in [6.07, 6.45) is 7.12. The highest BCUT2D eigenvalue weighted by atomic mass is 35.5. The van der Waals surface area contributed by atoms with Gasteiger partial charge in [0.15, 0.2) is 11.6 Å². The number of halogens is 2. The summed E-state index contributed by atoms with van der Waals surface area (Å²) >= 11 is 0. The van der Waals surface area contributed by atoms with Crippen molar-refractivity contribution in [2.45, 2.75) is 65.5 Å². The number of nitrogens with one attached hydrogen (secondary N) is 1. The molecule has 49 heavy (non-hydrogen) atoms. The summed E-state index contributed by atoms with van der Waals surface area (Å²) in [5, 5.41) is 3.23. The van der Waals surface area contributed by atoms with Gasteiger partial charge in [0.25, 0.3) is 16.1 Å². The SMILES string of the molecule is CC(C)N(C(=O)c1cc(F)ccc1Oc1cncnc1N1CC2(CCN(CC3CCN(S(=O)(=O)N4CCNCC4)CC3)CC2)C1)C(C)C.Cl. The standard InChI is InChI=1S/C34H51FN8O4S.ClH/c1-25(2)43(26(3)4)33(44)29-19-28(35)5-6-30(29)47-31-20-37-24-38-32(31)40-22-34(23-40)9-15-39(16-10-34)21-27-7-13-41(14-8-27)48(45,46)42-17-11-36-12-18-42;/h5-6,19-20,24-27,36H,7-18,21-23H2,1-4H3;1H. The monoisotopic (exact) mass is 722 g/mol. The number of amides is 1. The minimum Gasteiger partial charge on any atom is -0.451 e. The van der Waals surface area contributed by atoms with Crippen molar-refractivity contribution < 1.29 is 22.3 Å². The summed E-state index contributed by atoms with van der Waals surface area (Å²) in [4.78, 5) is 28.8. The van der Waals surface area contributed by atoms with Crippen LogP contribution in [0.3, 0.4) is 0 Å². The first-order valence-corrected chi connectivity index (χ1v) is 18.9. The number of anilines is 1. The van der Waals surface area contributed by atoms with Crippen molar-refractivity contribution in [3.05, 3.63) is 42.1 Å². The number of carbonyl (C=O) groups is 1. The number of carbonyl (C=O) groups excluding carboxylic acids is 1. The average molecular weight is 723 g/mol. The molecule has 4 fully saturated rings. The van der Waals surface area contributed by atoms with Crippen LogP contribution in [0.1, 0.15) is 63.7 Å². The summed E-state index contributed by atoms with van der Waals surface area (Å²) in [5.74, 6) is 1.13. The summed E-state index contributed by atoms with van der Waals surface area (Å²) in [6, 6.07) is 3.92. The van der Waals surface area contributed by atoms with Crippen LogP contribution in [0.2, 0.25) is 0 Å². The number of hydrogen-bond acceptors (Lipinski definition) is 9. The predicted octanol–water partition coefficient (Wildman–Crippen LogP) is 3.85. The van der Waals surface area contributed by atoms with Gasteiger partial charge in [-0.25, -0.2) is 14.4 Å². The molecule has 1 amide bonds. The van der Waals surface area contributed by atoms with E-state index < -0.39 is 16.0 Å². The molecule has 15 heteroatoms. The lowest BCUT2D eigenvalue weighted by Gasteiger charge is -2.54. The van der Waals surface area contributed by atoms with Crippen LogP contribution in [0.4, 0.5) is 10.2 Å². The number of hydrogen-bond donors (Lipinski definition) is 1. The van der Waals surface area contributed by atoms with E-state index in [-0.39, 0.29) is 47.1 Å². The molecule has 1 spiro atoms. The molecule has 2 aromatic rings. The Hall–Kier alpha value is -2.62. The first-order chi connectivity index (χ1) is 23.0. The third kappa shape index (κ3) is 8.31. The summed E-state index contributed by atoms with van der Waals surface area (Å²) < 4.78 is 50.1. The predicted molar refractivity (Wildman–Crippen MR) is 190 cm³/mol. The van der Waals surface area contributed by atoms with E-state index in [9.17, 15) is 17.6 Å². The van der Waals surface area contributed by atoms with Crippen molar-refractivity contribution in [2.24, 2.45) is 11.3 Å². The van der Waals surface area contributed by atoms with Crippen LogP contribution in [0.25, 0.3) is 0 Å². The van der Waals surface area contributed by atoms with Gasteiger partial charge in [-0.3, -0.25) is 4.79 Å². The molecule has 0 aliphatic carbocycles. The number of likely N-dealkylation sites (tertiary alicyclic amines) is 1. The van der Waals surface area contributed by atoms with Gasteiger partial charge >= 0.3 is 0 Å². The molecule has 4 saturated heterocycles. The number of benzene rings is 1. The third-order valence-corrected chi connectivity index (χ3v) is 12.5. The normalized spacial score (nSPS) is 21.1. The zero-order chi connectivity index (χ0) is 34.1. The maximum absolute atomic E-state index is 14.4. The Bertz CT molecular complexity index is 1530. The Morgan fingerprint density at radius 2 is 1.63 bits per heavy atom. The maximum Gasteiger partial charge on any atom is 0.282 e. The fraction of sp³-hybridized carbons (Fsp3) is 0.676. The van der Waals surface area contributed by atoms with Crippen molar-refractivity contribution >= 4 is 34.3 Å². The third-order valence-electron chi connectivity index (χ3n) is 10.5. The average Bonchev–Trinajstić information content (AvgIpc) is 3.05. The summed E-state index contributed by atoms with van der Waals surface area (Å²) in [7, 11) is -3.36. The molecule has 12 nitrogen and oxygen atoms in total. The number of rotatable bonds is 10. The number of ether oxygens (including phenoxy) is 1. The zero-order valence-electron chi connectivity index (χ0n) is 29.2. The molecule has 1 N–H and O–H groups in total. The Morgan fingerprint density at radius 1 is 1.00 bits per heavy atom. The fourth-order valence-electron chi connectivity index (χ4n) is 7.87. The molecule has 0 radical (unpaired) electrons. The topological polar surface area (TPSA) is 114 Å². The van der Waals surface area contributed by atoms with Crippen molar-refractivity contribution in [3.8, 4) is 11.5 Å². The largest absolute Gasteiger partial charge is 0.451 e. The number of aromatic nitrogens is 2. The smallest absolute Gasteiger partial charge is 0.282 e. The highest BCUT2D eigenvalue weighted by molar-refractivity contribution is 7.86. The number of piperazine rings is 1. The van der Waals surface area contributed by atoms with Crippen molar-refractivity contribution in [2.75, 3.05) is 76.9 Å². The van der Waals surface area contributed by atoms with Gasteiger partial charge in [-0.1, -0.05) is 0 Å². The van der Waals surface area contributed by atoms with Gasteiger partial charge in [-0.05, 0) is 90.6 Å². The Kier molecular flexibility index (Phi) is 12.1. The van der Waals surface area contributed by atoms with Gasteiger partial charge in [-0.15, -0.1) is 12.4 Å². The zero-order valence-corrected chi connectivity index (χ0v) is 30.8. The van der Waals surface area contributed by atoms with E-state index in [0.717, 1.165) is 58.4 Å². The highest BCUT2D eigenvalue weighted by Gasteiger charge is 2.46. The minimum absolute atomic E-state index is 0. The Morgan fingerprint density at radius 3 is 2.27 bits per heavy atom. The van der Waals surface area contributed by atoms with E-state index in [1.54, 1.807) is 19.7 Å². The molecule has 0 bridgehead atoms. The van der Waals surface area contributed by atoms with Crippen LogP contribution >= 0.6 is 12.4 Å². The molecule has 1 aromatic carbocycles. The second kappa shape index (κ2) is 15.7. The summed E-state index contributed by atoms with van der Waals surface area (Å²) in [5.41, 5.74) is 0.386. The molecule has 1 aromatic heterocycles. The van der Waals surface area contributed by atoms with Crippen LogP contribution in [0, 0.1) is 17.2 Å². The van der Waals surface area contributed by atoms with Crippen LogP contribution in [0.5, 0.6) is 11.5 Å². The van der Waals surface area contributed by atoms with Crippen LogP contribution in [-0.2, 0) is 10.2 Å². The number of piperidine rings is 2.